The highest BCUT2D eigenvalue weighted by atomic mass is 16.3. The standard InChI is InChI=1S/C24H25N5O3/c1-14(30)8-18-13-29(12-15-4-3-5-17(9-15)23(31)26-2)24(32)19-7-6-16(10-20(18)19)21-11-27-28-22(21)25/h3-7,9-11,13-14,30H,8,12H2,1-2H3,(H,26,31)(H3,25,27,28). The van der Waals surface area contributed by atoms with Crippen molar-refractivity contribution in [2.45, 2.75) is 26.0 Å². The van der Waals surface area contributed by atoms with Crippen LogP contribution in [0.1, 0.15) is 28.4 Å². The van der Waals surface area contributed by atoms with Crippen molar-refractivity contribution in [1.29, 1.82) is 0 Å². The van der Waals surface area contributed by atoms with Gasteiger partial charge in [-0.3, -0.25) is 14.7 Å². The topological polar surface area (TPSA) is 126 Å². The van der Waals surface area contributed by atoms with E-state index < -0.39 is 6.10 Å². The number of nitrogen functional groups attached to an aromatic ring is 1. The monoisotopic (exact) mass is 431 g/mol. The zero-order valence-electron chi connectivity index (χ0n) is 17.9. The van der Waals surface area contributed by atoms with Gasteiger partial charge in [-0.05, 0) is 53.3 Å². The number of benzene rings is 2. The molecule has 0 fully saturated rings. The largest absolute Gasteiger partial charge is 0.393 e. The summed E-state index contributed by atoms with van der Waals surface area (Å²) in [6.07, 6.45) is 3.24. The first-order chi connectivity index (χ1) is 15.4. The number of H-pyrrole nitrogens is 1. The Morgan fingerprint density at radius 2 is 2.06 bits per heavy atom. The Balaban J connectivity index is 1.82. The fourth-order valence-corrected chi connectivity index (χ4v) is 3.91. The van der Waals surface area contributed by atoms with Gasteiger partial charge in [-0.1, -0.05) is 18.2 Å². The molecule has 8 heteroatoms. The first kappa shape index (κ1) is 21.3. The number of nitrogens with zero attached hydrogens (tertiary/aromatic N) is 2. The first-order valence-corrected chi connectivity index (χ1v) is 10.3. The molecule has 2 heterocycles. The van der Waals surface area contributed by atoms with E-state index in [0.717, 1.165) is 27.6 Å². The Morgan fingerprint density at radius 3 is 2.75 bits per heavy atom. The van der Waals surface area contributed by atoms with Gasteiger partial charge in [-0.2, -0.15) is 5.10 Å². The van der Waals surface area contributed by atoms with E-state index >= 15 is 0 Å². The Bertz CT molecular complexity index is 1350. The minimum Gasteiger partial charge on any atom is -0.393 e. The SMILES string of the molecule is CNC(=O)c1cccc(Cn2cc(CC(C)O)c3cc(-c4cn[nH]c4N)ccc3c2=O)c1. The fourth-order valence-electron chi connectivity index (χ4n) is 3.91. The van der Waals surface area contributed by atoms with E-state index in [-0.39, 0.29) is 11.5 Å². The predicted molar refractivity (Wildman–Crippen MR) is 125 cm³/mol. The number of carbonyl (C=O) groups excluding carboxylic acids is 1. The lowest BCUT2D eigenvalue weighted by Gasteiger charge is -2.15. The lowest BCUT2D eigenvalue weighted by Crippen LogP contribution is -2.23. The van der Waals surface area contributed by atoms with Crippen LogP contribution in [0.5, 0.6) is 0 Å². The third-order valence-electron chi connectivity index (χ3n) is 5.43. The molecular weight excluding hydrogens is 406 g/mol. The molecule has 2 aromatic heterocycles. The second kappa shape index (κ2) is 8.68. The van der Waals surface area contributed by atoms with Gasteiger partial charge in [-0.25, -0.2) is 0 Å². The Kier molecular flexibility index (Phi) is 5.79. The van der Waals surface area contributed by atoms with Gasteiger partial charge in [0.05, 0.1) is 18.8 Å². The number of hydrogen-bond acceptors (Lipinski definition) is 5. The number of rotatable bonds is 6. The van der Waals surface area contributed by atoms with E-state index in [1.54, 1.807) is 55.2 Å². The zero-order chi connectivity index (χ0) is 22.8. The highest BCUT2D eigenvalue weighted by Crippen LogP contribution is 2.28. The summed E-state index contributed by atoms with van der Waals surface area (Å²) in [7, 11) is 1.58. The third kappa shape index (κ3) is 4.13. The summed E-state index contributed by atoms with van der Waals surface area (Å²) in [5.41, 5.74) is 9.63. The maximum atomic E-state index is 13.3. The molecule has 0 saturated carbocycles. The van der Waals surface area contributed by atoms with Gasteiger partial charge in [0.2, 0.25) is 0 Å². The molecule has 0 aliphatic rings. The van der Waals surface area contributed by atoms with Crippen LogP contribution in [-0.2, 0) is 13.0 Å². The van der Waals surface area contributed by atoms with Gasteiger partial charge in [0.1, 0.15) is 5.82 Å². The average Bonchev–Trinajstić information content (AvgIpc) is 3.21. The van der Waals surface area contributed by atoms with Crippen molar-refractivity contribution < 1.29 is 9.90 Å². The number of aromatic nitrogens is 3. The van der Waals surface area contributed by atoms with Gasteiger partial charge in [-0.15, -0.1) is 0 Å². The molecular formula is C24H25N5O3. The molecule has 0 spiro atoms. The summed E-state index contributed by atoms with van der Waals surface area (Å²) < 4.78 is 1.62. The molecule has 32 heavy (non-hydrogen) atoms. The second-order valence-corrected chi connectivity index (χ2v) is 7.88. The molecule has 1 atom stereocenters. The molecule has 2 aromatic carbocycles. The van der Waals surface area contributed by atoms with Crippen LogP contribution in [0.2, 0.25) is 0 Å². The normalized spacial score (nSPS) is 12.1. The van der Waals surface area contributed by atoms with Gasteiger partial charge in [0.25, 0.3) is 11.5 Å². The number of amides is 1. The summed E-state index contributed by atoms with van der Waals surface area (Å²) >= 11 is 0. The zero-order valence-corrected chi connectivity index (χ0v) is 17.9. The quantitative estimate of drug-likeness (QED) is 0.373. The molecule has 0 saturated heterocycles. The molecule has 0 aliphatic heterocycles. The van der Waals surface area contributed by atoms with E-state index in [4.69, 9.17) is 5.73 Å². The molecule has 0 aliphatic carbocycles. The summed E-state index contributed by atoms with van der Waals surface area (Å²) in [5, 5.41) is 20.7. The summed E-state index contributed by atoms with van der Waals surface area (Å²) in [6, 6.07) is 12.7. The van der Waals surface area contributed by atoms with Gasteiger partial charge >= 0.3 is 0 Å². The molecule has 4 aromatic rings. The molecule has 4 rings (SSSR count). The van der Waals surface area contributed by atoms with Crippen molar-refractivity contribution in [3.05, 3.63) is 81.9 Å². The van der Waals surface area contributed by atoms with Crippen molar-refractivity contribution in [2.75, 3.05) is 12.8 Å². The van der Waals surface area contributed by atoms with Crippen LogP contribution in [-0.4, -0.2) is 38.9 Å². The first-order valence-electron chi connectivity index (χ1n) is 10.3. The smallest absolute Gasteiger partial charge is 0.258 e. The van der Waals surface area contributed by atoms with Crippen molar-refractivity contribution >= 4 is 22.5 Å². The number of anilines is 1. The number of fused-ring (bicyclic) bond motifs is 1. The van der Waals surface area contributed by atoms with Gasteiger partial charge < -0.3 is 20.7 Å². The van der Waals surface area contributed by atoms with Crippen molar-refractivity contribution in [2.24, 2.45) is 0 Å². The molecule has 1 amide bonds. The minimum atomic E-state index is -0.580. The molecule has 164 valence electrons. The van der Waals surface area contributed by atoms with Crippen LogP contribution in [0.15, 0.2) is 59.7 Å². The van der Waals surface area contributed by atoms with Crippen LogP contribution < -0.4 is 16.6 Å². The van der Waals surface area contributed by atoms with Crippen LogP contribution in [0.4, 0.5) is 5.82 Å². The van der Waals surface area contributed by atoms with E-state index in [9.17, 15) is 14.7 Å². The number of hydrogen-bond donors (Lipinski definition) is 4. The minimum absolute atomic E-state index is 0.147. The lowest BCUT2D eigenvalue weighted by atomic mass is 9.98. The van der Waals surface area contributed by atoms with E-state index in [0.29, 0.717) is 29.7 Å². The maximum Gasteiger partial charge on any atom is 0.258 e. The maximum absolute atomic E-state index is 13.3. The highest BCUT2D eigenvalue weighted by Gasteiger charge is 2.14. The third-order valence-corrected chi connectivity index (χ3v) is 5.43. The Hall–Kier alpha value is -3.91. The van der Waals surface area contributed by atoms with E-state index in [2.05, 4.69) is 15.5 Å². The van der Waals surface area contributed by atoms with Gasteiger partial charge in [0.15, 0.2) is 0 Å². The number of pyridine rings is 1. The van der Waals surface area contributed by atoms with Crippen LogP contribution >= 0.6 is 0 Å². The number of aromatic amines is 1. The van der Waals surface area contributed by atoms with Crippen LogP contribution in [0, 0.1) is 0 Å². The van der Waals surface area contributed by atoms with Crippen molar-refractivity contribution in [3.8, 4) is 11.1 Å². The van der Waals surface area contributed by atoms with Crippen molar-refractivity contribution in [3.63, 3.8) is 0 Å². The lowest BCUT2D eigenvalue weighted by molar-refractivity contribution is 0.0963. The number of nitrogens with one attached hydrogen (secondary N) is 2. The number of carbonyl (C=O) groups is 1. The summed E-state index contributed by atoms with van der Waals surface area (Å²) in [5.74, 6) is 0.268. The number of nitrogens with two attached hydrogens (primary N) is 1. The molecule has 0 radical (unpaired) electrons. The molecule has 0 bridgehead atoms. The molecule has 5 N–H and O–H groups in total. The summed E-state index contributed by atoms with van der Waals surface area (Å²) in [4.78, 5) is 25.3. The van der Waals surface area contributed by atoms with E-state index in [1.807, 2.05) is 18.2 Å². The number of aliphatic hydroxyl groups is 1. The van der Waals surface area contributed by atoms with Gasteiger partial charge in [0, 0.05) is 36.2 Å². The molecule has 8 nitrogen and oxygen atoms in total. The average molecular weight is 431 g/mol. The van der Waals surface area contributed by atoms with Crippen LogP contribution in [0.25, 0.3) is 21.9 Å². The van der Waals surface area contributed by atoms with E-state index in [1.165, 1.54) is 0 Å². The highest BCUT2D eigenvalue weighted by molar-refractivity contribution is 5.94. The molecule has 1 unspecified atom stereocenters. The Labute approximate surface area is 184 Å². The van der Waals surface area contributed by atoms with Crippen LogP contribution in [0.3, 0.4) is 0 Å². The fraction of sp³-hybridized carbons (Fsp3) is 0.208. The summed E-state index contributed by atoms with van der Waals surface area (Å²) in [6.45, 7) is 2.02. The Morgan fingerprint density at radius 1 is 1.25 bits per heavy atom. The number of aliphatic hydroxyl groups excluding tert-OH is 1. The predicted octanol–water partition coefficient (Wildman–Crippen LogP) is 2.30. The second-order valence-electron chi connectivity index (χ2n) is 7.88. The van der Waals surface area contributed by atoms with Crippen molar-refractivity contribution in [1.82, 2.24) is 20.1 Å².